The smallest absolute Gasteiger partial charge is 0.178 e. The first-order valence-corrected chi connectivity index (χ1v) is 13.6. The Morgan fingerprint density at radius 3 is 2.49 bits per heavy atom. The zero-order chi connectivity index (χ0) is 28.1. The summed E-state index contributed by atoms with van der Waals surface area (Å²) in [6.45, 7) is 3.40. The van der Waals surface area contributed by atoms with Crippen LogP contribution >= 0.6 is 0 Å². The predicted molar refractivity (Wildman–Crippen MR) is 134 cm³/mol. The molecule has 6 rings (SSSR count). The van der Waals surface area contributed by atoms with Crippen LogP contribution in [0.2, 0.25) is 0 Å². The Labute approximate surface area is 224 Å². The highest BCUT2D eigenvalue weighted by molar-refractivity contribution is 6.01. The third-order valence-corrected chi connectivity index (χ3v) is 11.2. The van der Waals surface area contributed by atoms with Crippen LogP contribution in [0.5, 0.6) is 0 Å². The fourth-order valence-corrected chi connectivity index (χ4v) is 9.60. The molecule has 9 heteroatoms. The van der Waals surface area contributed by atoms with Gasteiger partial charge in [-0.3, -0.25) is 14.5 Å². The third kappa shape index (κ3) is 3.36. The maximum Gasteiger partial charge on any atom is 0.178 e. The first-order chi connectivity index (χ1) is 18.3. The van der Waals surface area contributed by atoms with Gasteiger partial charge in [0.1, 0.15) is 24.4 Å². The summed E-state index contributed by atoms with van der Waals surface area (Å²) in [7, 11) is 0. The van der Waals surface area contributed by atoms with Gasteiger partial charge in [-0.15, -0.1) is 0 Å². The number of carbonyl (C=O) groups is 2. The Hall–Kier alpha value is -2.36. The minimum atomic E-state index is -2.25. The van der Waals surface area contributed by atoms with Crippen LogP contribution in [0.25, 0.3) is 0 Å². The number of rotatable bonds is 4. The number of benzene rings is 1. The highest BCUT2D eigenvalue weighted by Gasteiger charge is 2.78. The summed E-state index contributed by atoms with van der Waals surface area (Å²) in [6, 6.07) is 3.27. The van der Waals surface area contributed by atoms with Gasteiger partial charge in [-0.25, -0.2) is 17.6 Å². The Morgan fingerprint density at radius 1 is 1.13 bits per heavy atom. The van der Waals surface area contributed by atoms with E-state index in [4.69, 9.17) is 0 Å². The molecular weight excluding hydrogens is 514 g/mol. The number of fused-ring (bicyclic) bond motifs is 7. The fraction of sp³-hybridized carbons (Fsp3) is 0.600. The summed E-state index contributed by atoms with van der Waals surface area (Å²) in [5.74, 6) is -3.92. The van der Waals surface area contributed by atoms with Gasteiger partial charge in [0.2, 0.25) is 0 Å². The number of nitrogens with zero attached hydrogens (tertiary/aromatic N) is 1. The van der Waals surface area contributed by atoms with Crippen LogP contribution in [0.3, 0.4) is 0 Å². The SMILES string of the molecule is C[C@]12C=CC(=O)C=C1[C@@H](F)C[C@H]1C3C[C@H]4CN(Cc5cc(F)cc(F)c5)C[C@@]4(C(=O)CO)[C@@]3(C)C[C@H](O)[C@@]12F. The summed E-state index contributed by atoms with van der Waals surface area (Å²) >= 11 is 0. The van der Waals surface area contributed by atoms with Crippen molar-refractivity contribution < 1.29 is 37.4 Å². The lowest BCUT2D eigenvalue weighted by molar-refractivity contribution is -0.212. The topological polar surface area (TPSA) is 77.8 Å². The molecule has 9 atom stereocenters. The monoisotopic (exact) mass is 547 g/mol. The molecule has 0 spiro atoms. The van der Waals surface area contributed by atoms with E-state index in [1.165, 1.54) is 31.2 Å². The van der Waals surface area contributed by atoms with E-state index in [9.17, 15) is 28.6 Å². The molecule has 1 aliphatic heterocycles. The van der Waals surface area contributed by atoms with Gasteiger partial charge < -0.3 is 10.2 Å². The Morgan fingerprint density at radius 2 is 1.82 bits per heavy atom. The van der Waals surface area contributed by atoms with Crippen molar-refractivity contribution in [2.45, 2.75) is 57.6 Å². The number of aliphatic hydroxyl groups is 2. The van der Waals surface area contributed by atoms with Gasteiger partial charge in [-0.1, -0.05) is 13.0 Å². The van der Waals surface area contributed by atoms with E-state index in [-0.39, 0.29) is 37.4 Å². The molecule has 0 aromatic heterocycles. The molecule has 5 aliphatic rings. The standard InChI is InChI=1S/C30H33F4NO4/c1-27-4-3-20(37)9-23(27)24(33)10-22-21-7-17-13-35(12-16-5-18(31)8-19(32)6-16)15-29(17,26(39)14-36)28(21,2)11-25(38)30(22,27)34/h3-6,8-9,17,21-22,24-25,36,38H,7,10-15H2,1-2H3/t17-,21?,22-,24-,25-,27-,28-,29+,30-/m0/s1. The highest BCUT2D eigenvalue weighted by Crippen LogP contribution is 2.74. The number of hydrogen-bond acceptors (Lipinski definition) is 5. The molecule has 1 unspecified atom stereocenters. The van der Waals surface area contributed by atoms with Crippen molar-refractivity contribution in [3.63, 3.8) is 0 Å². The van der Waals surface area contributed by atoms with E-state index in [0.29, 0.717) is 18.5 Å². The summed E-state index contributed by atoms with van der Waals surface area (Å²) in [4.78, 5) is 27.6. The first-order valence-electron chi connectivity index (χ1n) is 13.6. The lowest BCUT2D eigenvalue weighted by Crippen LogP contribution is -2.69. The zero-order valence-corrected chi connectivity index (χ0v) is 22.0. The number of Topliss-reactive ketones (excluding diaryl/α,β-unsaturated/α-hetero) is 1. The zero-order valence-electron chi connectivity index (χ0n) is 22.0. The molecule has 5 nitrogen and oxygen atoms in total. The van der Waals surface area contributed by atoms with Crippen molar-refractivity contribution in [1.29, 1.82) is 0 Å². The van der Waals surface area contributed by atoms with Gasteiger partial charge in [-0.2, -0.15) is 0 Å². The third-order valence-electron chi connectivity index (χ3n) is 11.2. The van der Waals surface area contributed by atoms with Crippen LogP contribution in [0.4, 0.5) is 17.6 Å². The Kier molecular flexibility index (Phi) is 5.90. The van der Waals surface area contributed by atoms with Crippen molar-refractivity contribution in [3.8, 4) is 0 Å². The maximum atomic E-state index is 17.4. The van der Waals surface area contributed by atoms with Crippen LogP contribution < -0.4 is 0 Å². The van der Waals surface area contributed by atoms with E-state index < -0.39 is 75.8 Å². The van der Waals surface area contributed by atoms with Gasteiger partial charge in [0.15, 0.2) is 17.2 Å². The minimum Gasteiger partial charge on any atom is -0.390 e. The fourth-order valence-electron chi connectivity index (χ4n) is 9.60. The molecular formula is C30H33F4NO4. The first kappa shape index (κ1) is 26.8. The van der Waals surface area contributed by atoms with Crippen molar-refractivity contribution >= 4 is 11.6 Å². The van der Waals surface area contributed by atoms with Gasteiger partial charge in [0.05, 0.1) is 11.5 Å². The highest BCUT2D eigenvalue weighted by atomic mass is 19.2. The molecule has 0 bridgehead atoms. The minimum absolute atomic E-state index is 0.0456. The normalized spacial score (nSPS) is 44.9. The number of hydrogen-bond donors (Lipinski definition) is 2. The van der Waals surface area contributed by atoms with E-state index in [2.05, 4.69) is 0 Å². The molecule has 3 saturated carbocycles. The predicted octanol–water partition coefficient (Wildman–Crippen LogP) is 3.87. The second-order valence-corrected chi connectivity index (χ2v) is 12.8. The van der Waals surface area contributed by atoms with E-state index in [1.807, 2.05) is 11.8 Å². The quantitative estimate of drug-likeness (QED) is 0.560. The molecule has 1 saturated heterocycles. The van der Waals surface area contributed by atoms with Gasteiger partial charge in [0, 0.05) is 37.0 Å². The van der Waals surface area contributed by atoms with Gasteiger partial charge >= 0.3 is 0 Å². The van der Waals surface area contributed by atoms with Crippen LogP contribution in [0.15, 0.2) is 42.0 Å². The number of ketones is 2. The van der Waals surface area contributed by atoms with Crippen LogP contribution in [-0.2, 0) is 16.1 Å². The second-order valence-electron chi connectivity index (χ2n) is 12.8. The van der Waals surface area contributed by atoms with E-state index in [0.717, 1.165) is 12.1 Å². The summed E-state index contributed by atoms with van der Waals surface area (Å²) in [5.41, 5.74) is -5.39. The van der Waals surface area contributed by atoms with Crippen LogP contribution in [0.1, 0.15) is 38.7 Å². The maximum absolute atomic E-state index is 17.4. The van der Waals surface area contributed by atoms with Crippen molar-refractivity contribution in [3.05, 3.63) is 59.2 Å². The number of alkyl halides is 2. The van der Waals surface area contributed by atoms with Crippen molar-refractivity contribution in [2.75, 3.05) is 19.7 Å². The molecule has 210 valence electrons. The lowest BCUT2D eigenvalue weighted by atomic mass is 9.43. The number of aliphatic hydroxyl groups excluding tert-OH is 2. The van der Waals surface area contributed by atoms with Crippen LogP contribution in [-0.4, -0.2) is 64.3 Å². The summed E-state index contributed by atoms with van der Waals surface area (Å²) in [6.07, 6.45) is 0.760. The Balaban J connectivity index is 1.39. The van der Waals surface area contributed by atoms with E-state index in [1.54, 1.807) is 0 Å². The molecule has 1 heterocycles. The molecule has 2 N–H and O–H groups in total. The lowest BCUT2D eigenvalue weighted by Gasteiger charge is -2.63. The molecule has 1 aromatic carbocycles. The van der Waals surface area contributed by atoms with Crippen molar-refractivity contribution in [2.24, 2.45) is 34.0 Å². The number of likely N-dealkylation sites (tertiary alicyclic amines) is 1. The average molecular weight is 548 g/mol. The largest absolute Gasteiger partial charge is 0.390 e. The molecule has 0 amide bonds. The molecule has 39 heavy (non-hydrogen) atoms. The number of carbonyl (C=O) groups excluding carboxylic acids is 2. The molecule has 4 fully saturated rings. The van der Waals surface area contributed by atoms with Gasteiger partial charge in [-0.05, 0) is 78.9 Å². The van der Waals surface area contributed by atoms with Crippen LogP contribution in [0, 0.1) is 45.6 Å². The number of halogens is 4. The average Bonchev–Trinajstić information content (AvgIpc) is 3.33. The Bertz CT molecular complexity index is 1300. The summed E-state index contributed by atoms with van der Waals surface area (Å²) < 4.78 is 60.8. The second kappa shape index (κ2) is 8.57. The summed E-state index contributed by atoms with van der Waals surface area (Å²) in [5, 5.41) is 21.7. The van der Waals surface area contributed by atoms with Crippen molar-refractivity contribution in [1.82, 2.24) is 4.90 Å². The molecule has 1 aromatic rings. The molecule has 0 radical (unpaired) electrons. The molecule has 4 aliphatic carbocycles. The van der Waals surface area contributed by atoms with Gasteiger partial charge in [0.25, 0.3) is 0 Å². The number of allylic oxidation sites excluding steroid dienone is 4. The van der Waals surface area contributed by atoms with E-state index >= 15 is 8.78 Å².